The summed E-state index contributed by atoms with van der Waals surface area (Å²) >= 11 is 1.12. The lowest BCUT2D eigenvalue weighted by Gasteiger charge is -2.30. The topological polar surface area (TPSA) is 70.5 Å². The van der Waals surface area contributed by atoms with Gasteiger partial charge in [-0.3, -0.25) is 9.59 Å². The highest BCUT2D eigenvalue weighted by Crippen LogP contribution is 2.29. The van der Waals surface area contributed by atoms with Crippen molar-refractivity contribution in [1.29, 1.82) is 0 Å². The van der Waals surface area contributed by atoms with Gasteiger partial charge in [0.1, 0.15) is 15.7 Å². The van der Waals surface area contributed by atoms with E-state index in [2.05, 4.69) is 4.98 Å². The minimum Gasteiger partial charge on any atom is -0.481 e. The molecule has 1 aromatic carbocycles. The van der Waals surface area contributed by atoms with Crippen LogP contribution in [0.2, 0.25) is 0 Å². The van der Waals surface area contributed by atoms with Crippen LogP contribution in [0, 0.1) is 11.7 Å². The van der Waals surface area contributed by atoms with Crippen LogP contribution < -0.4 is 0 Å². The molecule has 0 unspecified atom stereocenters. The quantitative estimate of drug-likeness (QED) is 0.937. The maximum Gasteiger partial charge on any atom is 0.308 e. The summed E-state index contributed by atoms with van der Waals surface area (Å²) in [5, 5.41) is 9.55. The van der Waals surface area contributed by atoms with Crippen molar-refractivity contribution in [2.45, 2.75) is 12.8 Å². The van der Waals surface area contributed by atoms with Gasteiger partial charge in [-0.2, -0.15) is 0 Å². The number of hydrogen-bond donors (Lipinski definition) is 1. The van der Waals surface area contributed by atoms with Crippen molar-refractivity contribution in [2.24, 2.45) is 5.92 Å². The molecule has 0 radical (unpaired) electrons. The number of carboxylic acid groups (broad SMARTS) is 1. The van der Waals surface area contributed by atoms with Crippen LogP contribution in [0.15, 0.2) is 30.5 Å². The van der Waals surface area contributed by atoms with Gasteiger partial charge < -0.3 is 10.0 Å². The van der Waals surface area contributed by atoms with E-state index in [9.17, 15) is 14.0 Å². The maximum absolute atomic E-state index is 13.8. The number of piperidine rings is 1. The van der Waals surface area contributed by atoms with E-state index in [0.29, 0.717) is 34.8 Å². The molecule has 1 saturated heterocycles. The van der Waals surface area contributed by atoms with Gasteiger partial charge >= 0.3 is 5.97 Å². The highest BCUT2D eigenvalue weighted by molar-refractivity contribution is 7.16. The van der Waals surface area contributed by atoms with Gasteiger partial charge in [0.25, 0.3) is 5.91 Å². The predicted octanol–water partition coefficient (Wildman–Crippen LogP) is 2.89. The van der Waals surface area contributed by atoms with E-state index in [-0.39, 0.29) is 18.3 Å². The molecular weight excluding hydrogens is 319 g/mol. The number of carboxylic acids is 1. The molecular formula is C16H15FN2O3S. The summed E-state index contributed by atoms with van der Waals surface area (Å²) in [5.41, 5.74) is 0.360. The van der Waals surface area contributed by atoms with Gasteiger partial charge in [0.15, 0.2) is 0 Å². The van der Waals surface area contributed by atoms with E-state index in [1.165, 1.54) is 12.3 Å². The lowest BCUT2D eigenvalue weighted by atomic mass is 9.98. The molecule has 0 bridgehead atoms. The average Bonchev–Trinajstić information content (AvgIpc) is 3.04. The molecule has 0 spiro atoms. The minimum atomic E-state index is -0.876. The van der Waals surface area contributed by atoms with Crippen molar-refractivity contribution in [3.63, 3.8) is 0 Å². The molecule has 0 saturated carbocycles. The largest absolute Gasteiger partial charge is 0.481 e. The Kier molecular flexibility index (Phi) is 4.38. The van der Waals surface area contributed by atoms with Crippen LogP contribution in [0.4, 0.5) is 4.39 Å². The minimum absolute atomic E-state index is 0.209. The van der Waals surface area contributed by atoms with Crippen LogP contribution in [0.25, 0.3) is 10.6 Å². The number of benzene rings is 1. The molecule has 1 amide bonds. The zero-order chi connectivity index (χ0) is 16.4. The van der Waals surface area contributed by atoms with Gasteiger partial charge in [-0.05, 0) is 25.0 Å². The molecule has 120 valence electrons. The number of amides is 1. The van der Waals surface area contributed by atoms with Gasteiger partial charge in [-0.1, -0.05) is 12.1 Å². The number of aromatic nitrogens is 1. The van der Waals surface area contributed by atoms with Crippen molar-refractivity contribution in [3.8, 4) is 10.6 Å². The van der Waals surface area contributed by atoms with Gasteiger partial charge in [0, 0.05) is 18.7 Å². The van der Waals surface area contributed by atoms with E-state index < -0.39 is 11.9 Å². The predicted molar refractivity (Wildman–Crippen MR) is 83.8 cm³/mol. The normalized spacial score (nSPS) is 18.0. The zero-order valence-corrected chi connectivity index (χ0v) is 13.1. The first-order valence-electron chi connectivity index (χ1n) is 7.29. The van der Waals surface area contributed by atoms with Crippen molar-refractivity contribution < 1.29 is 19.1 Å². The van der Waals surface area contributed by atoms with Crippen LogP contribution in [0.3, 0.4) is 0 Å². The number of halogens is 1. The summed E-state index contributed by atoms with van der Waals surface area (Å²) in [6.07, 6.45) is 2.68. The first-order chi connectivity index (χ1) is 11.1. The Morgan fingerprint density at radius 3 is 2.87 bits per heavy atom. The number of aliphatic carboxylic acids is 1. The SMILES string of the molecule is O=C(O)[C@H]1CCCN(C(=O)c2cnc(-c3ccccc3F)s2)C1. The number of likely N-dealkylation sites (tertiary alicyclic amines) is 1. The number of carbonyl (C=O) groups excluding carboxylic acids is 1. The van der Waals surface area contributed by atoms with Crippen molar-refractivity contribution in [2.75, 3.05) is 13.1 Å². The van der Waals surface area contributed by atoms with Gasteiger partial charge in [0.2, 0.25) is 0 Å². The molecule has 1 aliphatic heterocycles. The fourth-order valence-corrected chi connectivity index (χ4v) is 3.56. The molecule has 0 aliphatic carbocycles. The lowest BCUT2D eigenvalue weighted by Crippen LogP contribution is -2.42. The molecule has 1 fully saturated rings. The summed E-state index contributed by atoms with van der Waals surface area (Å²) in [6, 6.07) is 6.27. The Morgan fingerprint density at radius 2 is 2.13 bits per heavy atom. The summed E-state index contributed by atoms with van der Waals surface area (Å²) in [4.78, 5) is 29.7. The van der Waals surface area contributed by atoms with Gasteiger partial charge in [-0.25, -0.2) is 9.37 Å². The number of carbonyl (C=O) groups is 2. The third kappa shape index (κ3) is 3.24. The third-order valence-electron chi connectivity index (χ3n) is 3.88. The average molecular weight is 334 g/mol. The fraction of sp³-hybridized carbons (Fsp3) is 0.312. The monoisotopic (exact) mass is 334 g/mol. The van der Waals surface area contributed by atoms with E-state index in [4.69, 9.17) is 5.11 Å². The molecule has 1 N–H and O–H groups in total. The molecule has 5 nitrogen and oxygen atoms in total. The Morgan fingerprint density at radius 1 is 1.35 bits per heavy atom. The van der Waals surface area contributed by atoms with Crippen molar-refractivity contribution in [3.05, 3.63) is 41.2 Å². The van der Waals surface area contributed by atoms with E-state index in [0.717, 1.165) is 11.3 Å². The molecule has 3 rings (SSSR count). The number of thiazole rings is 1. The Bertz CT molecular complexity index is 746. The standard InChI is InChI=1S/C16H15FN2O3S/c17-12-6-2-1-5-11(12)14-18-8-13(23-14)15(20)19-7-3-4-10(9-19)16(21)22/h1-2,5-6,8,10H,3-4,7,9H2,(H,21,22)/t10-/m0/s1. The van der Waals surface area contributed by atoms with E-state index >= 15 is 0 Å². The van der Waals surface area contributed by atoms with Gasteiger partial charge in [-0.15, -0.1) is 11.3 Å². The molecule has 1 aromatic heterocycles. The first-order valence-corrected chi connectivity index (χ1v) is 8.10. The Balaban J connectivity index is 1.79. The summed E-state index contributed by atoms with van der Waals surface area (Å²) in [5.74, 6) is -2.02. The second-order valence-electron chi connectivity index (χ2n) is 5.44. The Labute approximate surface area is 136 Å². The molecule has 23 heavy (non-hydrogen) atoms. The van der Waals surface area contributed by atoms with Crippen LogP contribution in [-0.2, 0) is 4.79 Å². The molecule has 2 heterocycles. The number of nitrogens with zero attached hydrogens (tertiary/aromatic N) is 2. The second kappa shape index (κ2) is 6.45. The van der Waals surface area contributed by atoms with E-state index in [1.54, 1.807) is 23.1 Å². The summed E-state index contributed by atoms with van der Waals surface area (Å²) in [7, 11) is 0. The number of hydrogen-bond acceptors (Lipinski definition) is 4. The van der Waals surface area contributed by atoms with Crippen molar-refractivity contribution >= 4 is 23.2 Å². The Hall–Kier alpha value is -2.28. The van der Waals surface area contributed by atoms with Crippen LogP contribution >= 0.6 is 11.3 Å². The zero-order valence-electron chi connectivity index (χ0n) is 12.2. The smallest absolute Gasteiger partial charge is 0.308 e. The number of rotatable bonds is 3. The van der Waals surface area contributed by atoms with E-state index in [1.807, 2.05) is 0 Å². The summed E-state index contributed by atoms with van der Waals surface area (Å²) < 4.78 is 13.8. The first kappa shape index (κ1) is 15.6. The lowest BCUT2D eigenvalue weighted by molar-refractivity contribution is -0.143. The maximum atomic E-state index is 13.8. The second-order valence-corrected chi connectivity index (χ2v) is 6.47. The molecule has 2 aromatic rings. The summed E-state index contributed by atoms with van der Waals surface area (Å²) in [6.45, 7) is 0.747. The highest BCUT2D eigenvalue weighted by atomic mass is 32.1. The van der Waals surface area contributed by atoms with Crippen molar-refractivity contribution in [1.82, 2.24) is 9.88 Å². The molecule has 1 atom stereocenters. The van der Waals surface area contributed by atoms with Crippen LogP contribution in [0.1, 0.15) is 22.5 Å². The third-order valence-corrected chi connectivity index (χ3v) is 4.90. The van der Waals surface area contributed by atoms with Crippen LogP contribution in [0.5, 0.6) is 0 Å². The fourth-order valence-electron chi connectivity index (χ4n) is 2.65. The molecule has 1 aliphatic rings. The van der Waals surface area contributed by atoms with Gasteiger partial charge in [0.05, 0.1) is 12.1 Å². The molecule has 7 heteroatoms. The van der Waals surface area contributed by atoms with Crippen LogP contribution in [-0.4, -0.2) is 40.0 Å². The highest BCUT2D eigenvalue weighted by Gasteiger charge is 2.29.